The first-order valence-electron chi connectivity index (χ1n) is 5.29. The zero-order valence-corrected chi connectivity index (χ0v) is 9.51. The lowest BCUT2D eigenvalue weighted by Gasteiger charge is -2.20. The van der Waals surface area contributed by atoms with Crippen LogP contribution in [0.1, 0.15) is 5.56 Å². The van der Waals surface area contributed by atoms with Gasteiger partial charge in [0.1, 0.15) is 13.2 Å². The summed E-state index contributed by atoms with van der Waals surface area (Å²) in [5.41, 5.74) is 0.895. The standard InChI is InChI=1S/C12H13NO4/c1-13(12(15)8-14)7-9-2-3-10-11(6-9)17-5-4-16-10/h2-3,6,8H,4-5,7H2,1H3. The molecule has 17 heavy (non-hydrogen) atoms. The maximum atomic E-state index is 11.1. The van der Waals surface area contributed by atoms with Crippen LogP contribution in [0.5, 0.6) is 11.5 Å². The number of hydrogen-bond donors (Lipinski definition) is 0. The summed E-state index contributed by atoms with van der Waals surface area (Å²) >= 11 is 0. The Labute approximate surface area is 98.9 Å². The van der Waals surface area contributed by atoms with E-state index in [9.17, 15) is 9.59 Å². The lowest BCUT2D eigenvalue weighted by atomic mass is 10.2. The molecule has 1 aliphatic rings. The SMILES string of the molecule is CN(Cc1ccc2c(c1)OCCO2)C(=O)C=O. The molecule has 2 rings (SSSR count). The molecule has 1 aromatic carbocycles. The highest BCUT2D eigenvalue weighted by Crippen LogP contribution is 2.30. The maximum absolute atomic E-state index is 11.1. The molecular weight excluding hydrogens is 222 g/mol. The first-order chi connectivity index (χ1) is 8.20. The highest BCUT2D eigenvalue weighted by Gasteiger charge is 2.13. The molecule has 0 aliphatic carbocycles. The average Bonchev–Trinajstić information content (AvgIpc) is 2.37. The van der Waals surface area contributed by atoms with Crippen LogP contribution < -0.4 is 9.47 Å². The number of likely N-dealkylation sites (N-methyl/N-ethyl adjacent to an activating group) is 1. The van der Waals surface area contributed by atoms with Gasteiger partial charge >= 0.3 is 0 Å². The van der Waals surface area contributed by atoms with Crippen LogP contribution in [0.15, 0.2) is 18.2 Å². The fourth-order valence-corrected chi connectivity index (χ4v) is 1.63. The number of benzene rings is 1. The first-order valence-corrected chi connectivity index (χ1v) is 5.29. The molecule has 0 unspecified atom stereocenters. The third-order valence-electron chi connectivity index (χ3n) is 2.50. The van der Waals surface area contributed by atoms with Crippen LogP contribution in [-0.4, -0.2) is 37.4 Å². The first kappa shape index (κ1) is 11.4. The summed E-state index contributed by atoms with van der Waals surface area (Å²) < 4.78 is 10.8. The maximum Gasteiger partial charge on any atom is 0.286 e. The molecule has 0 bridgehead atoms. The molecule has 1 aliphatic heterocycles. The summed E-state index contributed by atoms with van der Waals surface area (Å²) in [6.45, 7) is 1.45. The monoisotopic (exact) mass is 235 g/mol. The second kappa shape index (κ2) is 4.86. The third kappa shape index (κ3) is 2.55. The topological polar surface area (TPSA) is 55.8 Å². The van der Waals surface area contributed by atoms with Crippen LogP contribution in [0, 0.1) is 0 Å². The van der Waals surface area contributed by atoms with E-state index < -0.39 is 5.91 Å². The van der Waals surface area contributed by atoms with Gasteiger partial charge in [-0.1, -0.05) is 6.07 Å². The Morgan fingerprint density at radius 2 is 2.06 bits per heavy atom. The minimum Gasteiger partial charge on any atom is -0.486 e. The Balaban J connectivity index is 2.12. The van der Waals surface area contributed by atoms with Crippen LogP contribution in [0.25, 0.3) is 0 Å². The van der Waals surface area contributed by atoms with E-state index in [0.29, 0.717) is 37.5 Å². The molecule has 0 fully saturated rings. The summed E-state index contributed by atoms with van der Waals surface area (Å²) in [5, 5.41) is 0. The van der Waals surface area contributed by atoms with Crippen molar-refractivity contribution in [1.82, 2.24) is 4.90 Å². The van der Waals surface area contributed by atoms with Crippen molar-refractivity contribution < 1.29 is 19.1 Å². The molecule has 1 heterocycles. The fraction of sp³-hybridized carbons (Fsp3) is 0.333. The normalized spacial score (nSPS) is 13.0. The van der Waals surface area contributed by atoms with Gasteiger partial charge in [-0.3, -0.25) is 9.59 Å². The summed E-state index contributed by atoms with van der Waals surface area (Å²) in [5.74, 6) is 0.852. The largest absolute Gasteiger partial charge is 0.486 e. The van der Waals surface area contributed by atoms with Crippen molar-refractivity contribution in [2.75, 3.05) is 20.3 Å². The summed E-state index contributed by atoms with van der Waals surface area (Å²) in [4.78, 5) is 22.8. The van der Waals surface area contributed by atoms with E-state index >= 15 is 0 Å². The van der Waals surface area contributed by atoms with E-state index in [1.807, 2.05) is 18.2 Å². The minimum atomic E-state index is -0.542. The van der Waals surface area contributed by atoms with Crippen molar-refractivity contribution in [3.63, 3.8) is 0 Å². The van der Waals surface area contributed by atoms with Crippen LogP contribution in [0.3, 0.4) is 0 Å². The molecule has 0 N–H and O–H groups in total. The summed E-state index contributed by atoms with van der Waals surface area (Å²) in [6.07, 6.45) is 0.304. The molecule has 0 aromatic heterocycles. The van der Waals surface area contributed by atoms with E-state index in [4.69, 9.17) is 9.47 Å². The smallest absolute Gasteiger partial charge is 0.286 e. The van der Waals surface area contributed by atoms with Crippen molar-refractivity contribution in [2.45, 2.75) is 6.54 Å². The molecular formula is C12H13NO4. The van der Waals surface area contributed by atoms with E-state index in [-0.39, 0.29) is 0 Å². The fourth-order valence-electron chi connectivity index (χ4n) is 1.63. The molecule has 0 radical (unpaired) electrons. The quantitative estimate of drug-likeness (QED) is 0.569. The van der Waals surface area contributed by atoms with Gasteiger partial charge in [-0.05, 0) is 17.7 Å². The molecule has 5 heteroatoms. The number of nitrogens with zero attached hydrogens (tertiary/aromatic N) is 1. The predicted octanol–water partition coefficient (Wildman–Crippen LogP) is 0.615. The summed E-state index contributed by atoms with van der Waals surface area (Å²) in [7, 11) is 1.58. The number of aldehydes is 1. The molecule has 0 atom stereocenters. The van der Waals surface area contributed by atoms with E-state index in [0.717, 1.165) is 5.56 Å². The molecule has 90 valence electrons. The third-order valence-corrected chi connectivity index (χ3v) is 2.50. The van der Waals surface area contributed by atoms with Gasteiger partial charge in [0.25, 0.3) is 5.91 Å². The van der Waals surface area contributed by atoms with Crippen molar-refractivity contribution in [1.29, 1.82) is 0 Å². The number of rotatable bonds is 3. The lowest BCUT2D eigenvalue weighted by molar-refractivity contribution is -0.138. The van der Waals surface area contributed by atoms with E-state index in [1.54, 1.807) is 7.05 Å². The molecule has 0 saturated heterocycles. The second-order valence-corrected chi connectivity index (χ2v) is 3.79. The number of fused-ring (bicyclic) bond motifs is 1. The van der Waals surface area contributed by atoms with Crippen LogP contribution >= 0.6 is 0 Å². The zero-order chi connectivity index (χ0) is 12.3. The second-order valence-electron chi connectivity index (χ2n) is 3.79. The highest BCUT2D eigenvalue weighted by atomic mass is 16.6. The van der Waals surface area contributed by atoms with Crippen molar-refractivity contribution in [3.8, 4) is 11.5 Å². The Kier molecular flexibility index (Phi) is 3.27. The van der Waals surface area contributed by atoms with Crippen molar-refractivity contribution in [2.24, 2.45) is 0 Å². The van der Waals surface area contributed by atoms with Crippen LogP contribution in [0.2, 0.25) is 0 Å². The van der Waals surface area contributed by atoms with Gasteiger partial charge in [-0.25, -0.2) is 0 Å². The van der Waals surface area contributed by atoms with Gasteiger partial charge in [0, 0.05) is 13.6 Å². The van der Waals surface area contributed by atoms with Crippen molar-refractivity contribution in [3.05, 3.63) is 23.8 Å². The highest BCUT2D eigenvalue weighted by molar-refractivity contribution is 6.23. The average molecular weight is 235 g/mol. The Hall–Kier alpha value is -2.04. The number of carbonyl (C=O) groups is 2. The lowest BCUT2D eigenvalue weighted by Crippen LogP contribution is -2.27. The van der Waals surface area contributed by atoms with E-state index in [1.165, 1.54) is 4.90 Å². The van der Waals surface area contributed by atoms with Crippen molar-refractivity contribution >= 4 is 12.2 Å². The van der Waals surface area contributed by atoms with Gasteiger partial charge < -0.3 is 14.4 Å². The molecule has 1 aromatic rings. The van der Waals surface area contributed by atoms with Crippen LogP contribution in [0.4, 0.5) is 0 Å². The predicted molar refractivity (Wildman–Crippen MR) is 60.0 cm³/mol. The van der Waals surface area contributed by atoms with Gasteiger partial charge in [0.05, 0.1) is 0 Å². The van der Waals surface area contributed by atoms with Gasteiger partial charge in [0.15, 0.2) is 11.5 Å². The molecule has 1 amide bonds. The van der Waals surface area contributed by atoms with Gasteiger partial charge in [0.2, 0.25) is 6.29 Å². The van der Waals surface area contributed by atoms with Gasteiger partial charge in [-0.2, -0.15) is 0 Å². The summed E-state index contributed by atoms with van der Waals surface area (Å²) in [6, 6.07) is 5.48. The Morgan fingerprint density at radius 1 is 1.35 bits per heavy atom. The Morgan fingerprint density at radius 3 is 2.76 bits per heavy atom. The number of ether oxygens (including phenoxy) is 2. The molecule has 5 nitrogen and oxygen atoms in total. The number of amides is 1. The number of carbonyl (C=O) groups excluding carboxylic acids is 2. The van der Waals surface area contributed by atoms with E-state index in [2.05, 4.69) is 0 Å². The minimum absolute atomic E-state index is 0.304. The Bertz CT molecular complexity index is 444. The van der Waals surface area contributed by atoms with Gasteiger partial charge in [-0.15, -0.1) is 0 Å². The number of hydrogen-bond acceptors (Lipinski definition) is 4. The molecule has 0 saturated carbocycles. The van der Waals surface area contributed by atoms with Crippen LogP contribution in [-0.2, 0) is 16.1 Å². The zero-order valence-electron chi connectivity index (χ0n) is 9.51. The molecule has 0 spiro atoms.